The molecule has 0 fully saturated rings. The standard InChI is InChI=1S/C13H18N2/c1-4-13(9-14)15-11(3)12-7-5-10(2)6-8-12/h5-8H,3-4,9,14H2,1-2H3. The quantitative estimate of drug-likeness (QED) is 0.749. The second-order valence-corrected chi connectivity index (χ2v) is 3.55. The average molecular weight is 202 g/mol. The van der Waals surface area contributed by atoms with Gasteiger partial charge in [0.1, 0.15) is 0 Å². The molecule has 0 aromatic heterocycles. The maximum absolute atomic E-state index is 5.56. The number of aryl methyl sites for hydroxylation is 1. The van der Waals surface area contributed by atoms with Gasteiger partial charge in [0.2, 0.25) is 0 Å². The SMILES string of the molecule is C=C(N=C(CC)CN)c1ccc(C)cc1. The summed E-state index contributed by atoms with van der Waals surface area (Å²) < 4.78 is 0. The average Bonchev–Trinajstić information content (AvgIpc) is 2.26. The predicted octanol–water partition coefficient (Wildman–Crippen LogP) is 2.78. The van der Waals surface area contributed by atoms with Crippen molar-refractivity contribution >= 4 is 11.4 Å². The molecular weight excluding hydrogens is 184 g/mol. The first kappa shape index (κ1) is 11.7. The van der Waals surface area contributed by atoms with Gasteiger partial charge in [0, 0.05) is 12.3 Å². The molecule has 0 aliphatic rings. The summed E-state index contributed by atoms with van der Waals surface area (Å²) in [7, 11) is 0. The van der Waals surface area contributed by atoms with Crippen LogP contribution in [0.25, 0.3) is 5.70 Å². The van der Waals surface area contributed by atoms with E-state index in [0.29, 0.717) is 6.54 Å². The van der Waals surface area contributed by atoms with Crippen LogP contribution < -0.4 is 5.73 Å². The fourth-order valence-corrected chi connectivity index (χ4v) is 1.27. The zero-order valence-corrected chi connectivity index (χ0v) is 9.46. The number of rotatable bonds is 4. The molecule has 0 radical (unpaired) electrons. The lowest BCUT2D eigenvalue weighted by Crippen LogP contribution is -2.12. The van der Waals surface area contributed by atoms with Gasteiger partial charge in [0.25, 0.3) is 0 Å². The van der Waals surface area contributed by atoms with Crippen LogP contribution >= 0.6 is 0 Å². The van der Waals surface area contributed by atoms with E-state index in [4.69, 9.17) is 5.73 Å². The molecule has 0 atom stereocenters. The second-order valence-electron chi connectivity index (χ2n) is 3.55. The van der Waals surface area contributed by atoms with Crippen LogP contribution in [0.3, 0.4) is 0 Å². The summed E-state index contributed by atoms with van der Waals surface area (Å²) in [5.74, 6) is 0. The van der Waals surface area contributed by atoms with Gasteiger partial charge in [-0.05, 0) is 18.9 Å². The first-order chi connectivity index (χ1) is 7.17. The Morgan fingerprint density at radius 2 is 1.93 bits per heavy atom. The number of nitrogens with two attached hydrogens (primary N) is 1. The van der Waals surface area contributed by atoms with Crippen molar-refractivity contribution in [2.75, 3.05) is 6.54 Å². The van der Waals surface area contributed by atoms with E-state index in [1.165, 1.54) is 5.56 Å². The molecule has 0 amide bonds. The van der Waals surface area contributed by atoms with Crippen molar-refractivity contribution in [3.8, 4) is 0 Å². The summed E-state index contributed by atoms with van der Waals surface area (Å²) in [6.07, 6.45) is 0.876. The van der Waals surface area contributed by atoms with E-state index >= 15 is 0 Å². The number of aliphatic imine (C=N–C) groups is 1. The van der Waals surface area contributed by atoms with Crippen LogP contribution in [-0.4, -0.2) is 12.3 Å². The molecule has 1 aromatic rings. The zero-order valence-electron chi connectivity index (χ0n) is 9.46. The third kappa shape index (κ3) is 3.33. The molecule has 80 valence electrons. The maximum Gasteiger partial charge on any atom is 0.0630 e. The van der Waals surface area contributed by atoms with Gasteiger partial charge < -0.3 is 5.73 Å². The first-order valence-electron chi connectivity index (χ1n) is 5.19. The van der Waals surface area contributed by atoms with Crippen molar-refractivity contribution in [1.29, 1.82) is 0 Å². The Morgan fingerprint density at radius 3 is 2.40 bits per heavy atom. The molecule has 0 spiro atoms. The van der Waals surface area contributed by atoms with Crippen LogP contribution in [0.5, 0.6) is 0 Å². The largest absolute Gasteiger partial charge is 0.325 e. The fourth-order valence-electron chi connectivity index (χ4n) is 1.27. The highest BCUT2D eigenvalue weighted by Crippen LogP contribution is 2.14. The van der Waals surface area contributed by atoms with Gasteiger partial charge in [-0.1, -0.05) is 43.3 Å². The Balaban J connectivity index is 2.85. The lowest BCUT2D eigenvalue weighted by atomic mass is 10.1. The molecule has 0 saturated heterocycles. The van der Waals surface area contributed by atoms with Crippen LogP contribution in [0.2, 0.25) is 0 Å². The predicted molar refractivity (Wildman–Crippen MR) is 67.0 cm³/mol. The van der Waals surface area contributed by atoms with E-state index in [1.54, 1.807) is 0 Å². The molecule has 2 N–H and O–H groups in total. The van der Waals surface area contributed by atoms with E-state index in [9.17, 15) is 0 Å². The van der Waals surface area contributed by atoms with Crippen LogP contribution in [0.4, 0.5) is 0 Å². The molecule has 2 nitrogen and oxygen atoms in total. The van der Waals surface area contributed by atoms with E-state index in [2.05, 4.69) is 30.6 Å². The normalized spacial score (nSPS) is 11.5. The summed E-state index contributed by atoms with van der Waals surface area (Å²) in [6, 6.07) is 8.18. The van der Waals surface area contributed by atoms with Crippen molar-refractivity contribution in [2.24, 2.45) is 10.7 Å². The molecule has 0 unspecified atom stereocenters. The zero-order chi connectivity index (χ0) is 11.3. The molecule has 0 aliphatic heterocycles. The van der Waals surface area contributed by atoms with Crippen LogP contribution in [-0.2, 0) is 0 Å². The van der Waals surface area contributed by atoms with Gasteiger partial charge in [-0.3, -0.25) is 4.99 Å². The minimum atomic E-state index is 0.501. The Bertz CT molecular complexity index is 355. The summed E-state index contributed by atoms with van der Waals surface area (Å²) in [4.78, 5) is 4.41. The van der Waals surface area contributed by atoms with Gasteiger partial charge in [0.15, 0.2) is 0 Å². The topological polar surface area (TPSA) is 38.4 Å². The van der Waals surface area contributed by atoms with Crippen molar-refractivity contribution in [2.45, 2.75) is 20.3 Å². The number of nitrogens with zero attached hydrogens (tertiary/aromatic N) is 1. The first-order valence-corrected chi connectivity index (χ1v) is 5.19. The van der Waals surface area contributed by atoms with Crippen molar-refractivity contribution in [1.82, 2.24) is 0 Å². The Kier molecular flexibility index (Phi) is 4.25. The number of benzene rings is 1. The molecule has 1 rings (SSSR count). The molecule has 0 heterocycles. The molecule has 2 heteroatoms. The highest BCUT2D eigenvalue weighted by atomic mass is 14.8. The van der Waals surface area contributed by atoms with Crippen molar-refractivity contribution < 1.29 is 0 Å². The lowest BCUT2D eigenvalue weighted by Gasteiger charge is -2.04. The van der Waals surface area contributed by atoms with E-state index < -0.39 is 0 Å². The van der Waals surface area contributed by atoms with Gasteiger partial charge in [-0.15, -0.1) is 0 Å². The summed E-state index contributed by atoms with van der Waals surface area (Å²) in [5, 5.41) is 0. The Morgan fingerprint density at radius 1 is 1.33 bits per heavy atom. The maximum atomic E-state index is 5.56. The van der Waals surface area contributed by atoms with E-state index in [0.717, 1.165) is 23.4 Å². The summed E-state index contributed by atoms with van der Waals surface area (Å²) in [5.41, 5.74) is 9.63. The van der Waals surface area contributed by atoms with E-state index in [1.807, 2.05) is 19.1 Å². The highest BCUT2D eigenvalue weighted by molar-refractivity contribution is 5.90. The lowest BCUT2D eigenvalue weighted by molar-refractivity contribution is 1.17. The van der Waals surface area contributed by atoms with E-state index in [-0.39, 0.29) is 0 Å². The van der Waals surface area contributed by atoms with Gasteiger partial charge in [-0.2, -0.15) is 0 Å². The third-order valence-electron chi connectivity index (χ3n) is 2.32. The Hall–Kier alpha value is -1.41. The summed E-state index contributed by atoms with van der Waals surface area (Å²) in [6.45, 7) is 8.56. The molecule has 0 bridgehead atoms. The van der Waals surface area contributed by atoms with Crippen molar-refractivity contribution in [3.63, 3.8) is 0 Å². The monoisotopic (exact) mass is 202 g/mol. The van der Waals surface area contributed by atoms with Crippen LogP contribution in [0.15, 0.2) is 35.8 Å². The molecule has 0 aliphatic carbocycles. The third-order valence-corrected chi connectivity index (χ3v) is 2.32. The Labute approximate surface area is 91.5 Å². The highest BCUT2D eigenvalue weighted by Gasteiger charge is 1.98. The second kappa shape index (κ2) is 5.47. The molecular formula is C13H18N2. The van der Waals surface area contributed by atoms with Gasteiger partial charge in [0.05, 0.1) is 5.70 Å². The smallest absolute Gasteiger partial charge is 0.0630 e. The summed E-state index contributed by atoms with van der Waals surface area (Å²) >= 11 is 0. The number of hydrogen-bond acceptors (Lipinski definition) is 2. The molecule has 15 heavy (non-hydrogen) atoms. The minimum Gasteiger partial charge on any atom is -0.325 e. The van der Waals surface area contributed by atoms with Gasteiger partial charge >= 0.3 is 0 Å². The van der Waals surface area contributed by atoms with Crippen LogP contribution in [0, 0.1) is 6.92 Å². The van der Waals surface area contributed by atoms with Gasteiger partial charge in [-0.25, -0.2) is 0 Å². The molecule has 1 aromatic carbocycles. The van der Waals surface area contributed by atoms with Crippen molar-refractivity contribution in [3.05, 3.63) is 42.0 Å². The minimum absolute atomic E-state index is 0.501. The number of hydrogen-bond donors (Lipinski definition) is 1. The fraction of sp³-hybridized carbons (Fsp3) is 0.308. The molecule has 0 saturated carbocycles. The van der Waals surface area contributed by atoms with Crippen LogP contribution in [0.1, 0.15) is 24.5 Å².